The van der Waals surface area contributed by atoms with Gasteiger partial charge in [-0.25, -0.2) is 4.98 Å². The average Bonchev–Trinajstić information content (AvgIpc) is 2.42. The monoisotopic (exact) mass is 195 g/mol. The van der Waals surface area contributed by atoms with Gasteiger partial charge in [0, 0.05) is 13.0 Å². The summed E-state index contributed by atoms with van der Waals surface area (Å²) in [6.07, 6.45) is 1.93. The van der Waals surface area contributed by atoms with Gasteiger partial charge in [-0.15, -0.1) is 0 Å². The topological polar surface area (TPSA) is 43.8 Å². The molecule has 1 aromatic heterocycles. The SMILES string of the molecule is CCc1nc(CC(C)C)c(N)n1CC. The van der Waals surface area contributed by atoms with Crippen molar-refractivity contribution in [1.29, 1.82) is 0 Å². The highest BCUT2D eigenvalue weighted by Crippen LogP contribution is 2.18. The summed E-state index contributed by atoms with van der Waals surface area (Å²) in [5.74, 6) is 2.58. The highest BCUT2D eigenvalue weighted by Gasteiger charge is 2.12. The predicted octanol–water partition coefficient (Wildman–Crippen LogP) is 2.25. The maximum atomic E-state index is 6.04. The van der Waals surface area contributed by atoms with Gasteiger partial charge in [-0.05, 0) is 19.3 Å². The van der Waals surface area contributed by atoms with E-state index in [9.17, 15) is 0 Å². The van der Waals surface area contributed by atoms with Crippen LogP contribution >= 0.6 is 0 Å². The lowest BCUT2D eigenvalue weighted by Crippen LogP contribution is -2.05. The summed E-state index contributed by atoms with van der Waals surface area (Å²) in [6, 6.07) is 0. The van der Waals surface area contributed by atoms with Gasteiger partial charge in [-0.3, -0.25) is 0 Å². The zero-order chi connectivity index (χ0) is 10.7. The molecule has 0 aliphatic carbocycles. The Morgan fingerprint density at radius 2 is 2.00 bits per heavy atom. The van der Waals surface area contributed by atoms with Crippen LogP contribution in [0.4, 0.5) is 5.82 Å². The first kappa shape index (κ1) is 11.1. The first-order valence-electron chi connectivity index (χ1n) is 5.43. The van der Waals surface area contributed by atoms with Crippen LogP contribution in [0.15, 0.2) is 0 Å². The van der Waals surface area contributed by atoms with E-state index in [0.29, 0.717) is 5.92 Å². The Bertz CT molecular complexity index is 300. The third-order valence-corrected chi connectivity index (χ3v) is 2.40. The van der Waals surface area contributed by atoms with Crippen LogP contribution in [0.3, 0.4) is 0 Å². The quantitative estimate of drug-likeness (QED) is 0.800. The van der Waals surface area contributed by atoms with E-state index in [1.807, 2.05) is 0 Å². The second-order valence-corrected chi connectivity index (χ2v) is 4.06. The van der Waals surface area contributed by atoms with E-state index in [1.165, 1.54) is 0 Å². The van der Waals surface area contributed by atoms with Crippen molar-refractivity contribution in [3.05, 3.63) is 11.5 Å². The number of aromatic nitrogens is 2. The highest BCUT2D eigenvalue weighted by molar-refractivity contribution is 5.38. The molecular weight excluding hydrogens is 174 g/mol. The van der Waals surface area contributed by atoms with Crippen LogP contribution in [-0.2, 0) is 19.4 Å². The Kier molecular flexibility index (Phi) is 3.55. The number of nitrogens with zero attached hydrogens (tertiary/aromatic N) is 2. The molecule has 0 bridgehead atoms. The summed E-state index contributed by atoms with van der Waals surface area (Å²) < 4.78 is 2.11. The first-order valence-corrected chi connectivity index (χ1v) is 5.43. The Morgan fingerprint density at radius 1 is 1.36 bits per heavy atom. The second kappa shape index (κ2) is 4.49. The molecule has 0 unspecified atom stereocenters. The van der Waals surface area contributed by atoms with Crippen molar-refractivity contribution in [2.45, 2.75) is 47.1 Å². The minimum atomic E-state index is 0.613. The Labute approximate surface area is 86.3 Å². The van der Waals surface area contributed by atoms with E-state index in [-0.39, 0.29) is 0 Å². The number of aryl methyl sites for hydroxylation is 1. The fourth-order valence-corrected chi connectivity index (χ4v) is 1.73. The molecule has 0 aliphatic rings. The Balaban J connectivity index is 3.01. The summed E-state index contributed by atoms with van der Waals surface area (Å²) in [6.45, 7) is 9.52. The minimum Gasteiger partial charge on any atom is -0.384 e. The largest absolute Gasteiger partial charge is 0.384 e. The molecule has 80 valence electrons. The lowest BCUT2D eigenvalue weighted by atomic mass is 10.1. The number of rotatable bonds is 4. The minimum absolute atomic E-state index is 0.613. The number of nitrogen functional groups attached to an aromatic ring is 1. The van der Waals surface area contributed by atoms with Gasteiger partial charge in [-0.2, -0.15) is 0 Å². The molecule has 0 saturated carbocycles. The number of hydrogen-bond acceptors (Lipinski definition) is 2. The zero-order valence-electron chi connectivity index (χ0n) is 9.67. The molecule has 0 aromatic carbocycles. The molecule has 0 atom stereocenters. The molecule has 0 radical (unpaired) electrons. The lowest BCUT2D eigenvalue weighted by molar-refractivity contribution is 0.637. The van der Waals surface area contributed by atoms with Crippen molar-refractivity contribution in [2.75, 3.05) is 5.73 Å². The van der Waals surface area contributed by atoms with Crippen molar-refractivity contribution >= 4 is 5.82 Å². The van der Waals surface area contributed by atoms with Gasteiger partial charge < -0.3 is 10.3 Å². The van der Waals surface area contributed by atoms with Gasteiger partial charge in [0.25, 0.3) is 0 Å². The van der Waals surface area contributed by atoms with E-state index in [0.717, 1.165) is 36.7 Å². The molecule has 0 aliphatic heterocycles. The molecule has 1 aromatic rings. The number of nitrogens with two attached hydrogens (primary N) is 1. The smallest absolute Gasteiger partial charge is 0.126 e. The fourth-order valence-electron chi connectivity index (χ4n) is 1.73. The fraction of sp³-hybridized carbons (Fsp3) is 0.727. The van der Waals surface area contributed by atoms with E-state index in [4.69, 9.17) is 5.73 Å². The number of anilines is 1. The summed E-state index contributed by atoms with van der Waals surface area (Å²) >= 11 is 0. The maximum Gasteiger partial charge on any atom is 0.126 e. The highest BCUT2D eigenvalue weighted by atomic mass is 15.1. The molecule has 14 heavy (non-hydrogen) atoms. The lowest BCUT2D eigenvalue weighted by Gasteiger charge is -2.05. The van der Waals surface area contributed by atoms with E-state index >= 15 is 0 Å². The summed E-state index contributed by atoms with van der Waals surface area (Å²) in [7, 11) is 0. The van der Waals surface area contributed by atoms with Crippen LogP contribution in [0.25, 0.3) is 0 Å². The van der Waals surface area contributed by atoms with Crippen LogP contribution in [0, 0.1) is 5.92 Å². The van der Waals surface area contributed by atoms with E-state index < -0.39 is 0 Å². The van der Waals surface area contributed by atoms with E-state index in [2.05, 4.69) is 37.2 Å². The van der Waals surface area contributed by atoms with Gasteiger partial charge in [0.2, 0.25) is 0 Å². The van der Waals surface area contributed by atoms with Crippen LogP contribution in [0.2, 0.25) is 0 Å². The normalized spacial score (nSPS) is 11.2. The first-order chi connectivity index (χ1) is 6.60. The molecule has 0 spiro atoms. The molecule has 1 rings (SSSR count). The molecule has 0 fully saturated rings. The molecule has 0 saturated heterocycles. The predicted molar refractivity (Wildman–Crippen MR) is 60.2 cm³/mol. The van der Waals surface area contributed by atoms with Gasteiger partial charge in [-0.1, -0.05) is 20.8 Å². The maximum absolute atomic E-state index is 6.04. The van der Waals surface area contributed by atoms with Crippen LogP contribution < -0.4 is 5.73 Å². The van der Waals surface area contributed by atoms with Crippen molar-refractivity contribution in [3.8, 4) is 0 Å². The van der Waals surface area contributed by atoms with E-state index in [1.54, 1.807) is 0 Å². The Morgan fingerprint density at radius 3 is 2.36 bits per heavy atom. The van der Waals surface area contributed by atoms with Gasteiger partial charge in [0.05, 0.1) is 5.69 Å². The summed E-state index contributed by atoms with van der Waals surface area (Å²) in [4.78, 5) is 4.58. The molecule has 0 amide bonds. The van der Waals surface area contributed by atoms with Crippen LogP contribution in [-0.4, -0.2) is 9.55 Å². The van der Waals surface area contributed by atoms with Gasteiger partial charge >= 0.3 is 0 Å². The van der Waals surface area contributed by atoms with Crippen molar-refractivity contribution in [3.63, 3.8) is 0 Å². The van der Waals surface area contributed by atoms with Gasteiger partial charge in [0.1, 0.15) is 11.6 Å². The Hall–Kier alpha value is -0.990. The number of imidazole rings is 1. The summed E-state index contributed by atoms with van der Waals surface area (Å²) in [5, 5.41) is 0. The molecule has 1 heterocycles. The standard InChI is InChI=1S/C11H21N3/c1-5-10-13-9(7-8(3)4)11(12)14(10)6-2/h8H,5-7,12H2,1-4H3. The molecule has 3 heteroatoms. The molecule has 3 nitrogen and oxygen atoms in total. The van der Waals surface area contributed by atoms with Crippen LogP contribution in [0.5, 0.6) is 0 Å². The summed E-state index contributed by atoms with van der Waals surface area (Å²) in [5.41, 5.74) is 7.11. The molecular formula is C11H21N3. The van der Waals surface area contributed by atoms with Crippen molar-refractivity contribution < 1.29 is 0 Å². The average molecular weight is 195 g/mol. The second-order valence-electron chi connectivity index (χ2n) is 4.06. The van der Waals surface area contributed by atoms with Crippen molar-refractivity contribution in [2.24, 2.45) is 5.92 Å². The number of hydrogen-bond donors (Lipinski definition) is 1. The van der Waals surface area contributed by atoms with Gasteiger partial charge in [0.15, 0.2) is 0 Å². The van der Waals surface area contributed by atoms with Crippen molar-refractivity contribution in [1.82, 2.24) is 9.55 Å². The van der Waals surface area contributed by atoms with Crippen LogP contribution in [0.1, 0.15) is 39.2 Å². The zero-order valence-corrected chi connectivity index (χ0v) is 9.67. The third-order valence-electron chi connectivity index (χ3n) is 2.40. The third kappa shape index (κ3) is 2.08. The molecule has 2 N–H and O–H groups in total.